The van der Waals surface area contributed by atoms with Crippen LogP contribution in [0.5, 0.6) is 0 Å². The Morgan fingerprint density at radius 3 is 1.72 bits per heavy atom. The van der Waals surface area contributed by atoms with Gasteiger partial charge in [-0.15, -0.1) is 0 Å². The Kier molecular flexibility index (Phi) is 7.34. The van der Waals surface area contributed by atoms with Gasteiger partial charge in [-0.05, 0) is 49.8 Å². The molecule has 0 aromatic heterocycles. The molecule has 1 saturated heterocycles. The summed E-state index contributed by atoms with van der Waals surface area (Å²) in [4.78, 5) is 25.5. The SMILES string of the molecule is CC1(C)OB(c2ccc(C[C@@H](NC(=O)C(c3ccccc3)c3ccccc3)C(=O)O)cc2)OC1(C)C. The van der Waals surface area contributed by atoms with Crippen LogP contribution in [0.4, 0.5) is 0 Å². The predicted octanol–water partition coefficient (Wildman–Crippen LogP) is 3.93. The van der Waals surface area contributed by atoms with E-state index in [0.717, 1.165) is 22.2 Å². The van der Waals surface area contributed by atoms with Gasteiger partial charge in [0.15, 0.2) is 0 Å². The van der Waals surface area contributed by atoms with Crippen LogP contribution in [0, 0.1) is 0 Å². The highest BCUT2D eigenvalue weighted by Gasteiger charge is 2.51. The van der Waals surface area contributed by atoms with Crippen LogP contribution in [-0.2, 0) is 25.3 Å². The number of hydrogen-bond donors (Lipinski definition) is 2. The third-order valence-electron chi connectivity index (χ3n) is 7.09. The summed E-state index contributed by atoms with van der Waals surface area (Å²) >= 11 is 0. The van der Waals surface area contributed by atoms with Crippen molar-refractivity contribution in [1.82, 2.24) is 5.32 Å². The molecule has 1 fully saturated rings. The second-order valence-electron chi connectivity index (χ2n) is 10.2. The summed E-state index contributed by atoms with van der Waals surface area (Å²) in [6, 6.07) is 25.2. The van der Waals surface area contributed by atoms with Crippen molar-refractivity contribution in [2.45, 2.75) is 57.3 Å². The van der Waals surface area contributed by atoms with Crippen LogP contribution in [0.15, 0.2) is 84.9 Å². The molecule has 1 aliphatic heterocycles. The van der Waals surface area contributed by atoms with Gasteiger partial charge in [0.2, 0.25) is 5.91 Å². The molecule has 0 radical (unpaired) electrons. The first kappa shape index (κ1) is 25.7. The lowest BCUT2D eigenvalue weighted by Gasteiger charge is -2.32. The number of amides is 1. The largest absolute Gasteiger partial charge is 0.494 e. The van der Waals surface area contributed by atoms with Gasteiger partial charge in [0, 0.05) is 6.42 Å². The minimum absolute atomic E-state index is 0.154. The van der Waals surface area contributed by atoms with Crippen LogP contribution in [0.25, 0.3) is 0 Å². The molecule has 6 nitrogen and oxygen atoms in total. The Hall–Kier alpha value is -3.42. The van der Waals surface area contributed by atoms with E-state index in [0.29, 0.717) is 0 Å². The molecule has 1 amide bonds. The normalized spacial score (nSPS) is 17.1. The van der Waals surface area contributed by atoms with Crippen LogP contribution in [-0.4, -0.2) is 41.3 Å². The fourth-order valence-corrected chi connectivity index (χ4v) is 4.27. The van der Waals surface area contributed by atoms with E-state index in [9.17, 15) is 14.7 Å². The molecule has 186 valence electrons. The molecule has 36 heavy (non-hydrogen) atoms. The number of benzene rings is 3. The number of hydrogen-bond acceptors (Lipinski definition) is 4. The van der Waals surface area contributed by atoms with Crippen LogP contribution >= 0.6 is 0 Å². The fourth-order valence-electron chi connectivity index (χ4n) is 4.27. The van der Waals surface area contributed by atoms with E-state index in [1.54, 1.807) is 0 Å². The lowest BCUT2D eigenvalue weighted by atomic mass is 9.78. The predicted molar refractivity (Wildman–Crippen MR) is 140 cm³/mol. The smallest absolute Gasteiger partial charge is 0.480 e. The lowest BCUT2D eigenvalue weighted by molar-refractivity contribution is -0.141. The average molecular weight is 485 g/mol. The van der Waals surface area contributed by atoms with Gasteiger partial charge in [-0.3, -0.25) is 4.79 Å². The highest BCUT2D eigenvalue weighted by molar-refractivity contribution is 6.62. The molecule has 4 rings (SSSR count). The van der Waals surface area contributed by atoms with Crippen LogP contribution in [0.2, 0.25) is 0 Å². The van der Waals surface area contributed by atoms with Gasteiger partial charge < -0.3 is 19.7 Å². The maximum atomic E-state index is 13.4. The van der Waals surface area contributed by atoms with Crippen LogP contribution in [0.1, 0.15) is 50.3 Å². The van der Waals surface area contributed by atoms with E-state index >= 15 is 0 Å². The van der Waals surface area contributed by atoms with Crippen LogP contribution in [0.3, 0.4) is 0 Å². The lowest BCUT2D eigenvalue weighted by Crippen LogP contribution is -2.44. The Bertz CT molecular complexity index is 1140. The summed E-state index contributed by atoms with van der Waals surface area (Å²) in [7, 11) is -0.489. The molecule has 3 aromatic carbocycles. The minimum atomic E-state index is -1.08. The molecule has 2 N–H and O–H groups in total. The monoisotopic (exact) mass is 485 g/mol. The van der Waals surface area contributed by atoms with Gasteiger partial charge in [-0.2, -0.15) is 0 Å². The molecular formula is C29H32BNO5. The van der Waals surface area contributed by atoms with E-state index in [1.807, 2.05) is 113 Å². The van der Waals surface area contributed by atoms with Crippen LogP contribution < -0.4 is 10.8 Å². The number of carbonyl (C=O) groups excluding carboxylic acids is 1. The quantitative estimate of drug-likeness (QED) is 0.473. The second-order valence-corrected chi connectivity index (χ2v) is 10.2. The molecule has 0 unspecified atom stereocenters. The van der Waals surface area contributed by atoms with E-state index in [-0.39, 0.29) is 12.3 Å². The Morgan fingerprint density at radius 1 is 0.806 bits per heavy atom. The molecule has 0 aliphatic carbocycles. The van der Waals surface area contributed by atoms with Crippen molar-refractivity contribution in [3.05, 3.63) is 102 Å². The molecule has 1 aliphatic rings. The fraction of sp³-hybridized carbons (Fsp3) is 0.310. The number of rotatable bonds is 8. The molecule has 0 saturated carbocycles. The zero-order valence-electron chi connectivity index (χ0n) is 21.1. The van der Waals surface area contributed by atoms with E-state index in [1.165, 1.54) is 0 Å². The summed E-state index contributed by atoms with van der Waals surface area (Å²) in [5.74, 6) is -2.05. The van der Waals surface area contributed by atoms with E-state index in [2.05, 4.69) is 5.32 Å². The standard InChI is InChI=1S/C29H32BNO5/c1-28(2)29(3,4)36-30(35-28)23-17-15-20(16-18-23)19-24(27(33)34)31-26(32)25(21-11-7-5-8-12-21)22-13-9-6-10-14-22/h5-18,24-25H,19H2,1-4H3,(H,31,32)(H,33,34)/t24-/m1/s1. The van der Waals surface area contributed by atoms with Crippen molar-refractivity contribution < 1.29 is 24.0 Å². The third kappa shape index (κ3) is 5.53. The van der Waals surface area contributed by atoms with Gasteiger partial charge in [0.05, 0.1) is 17.1 Å². The zero-order valence-corrected chi connectivity index (χ0v) is 21.1. The van der Waals surface area contributed by atoms with Gasteiger partial charge in [-0.25, -0.2) is 4.79 Å². The van der Waals surface area contributed by atoms with Gasteiger partial charge >= 0.3 is 13.1 Å². The number of nitrogens with one attached hydrogen (secondary N) is 1. The average Bonchev–Trinajstić information content (AvgIpc) is 3.07. The first-order chi connectivity index (χ1) is 17.1. The van der Waals surface area contributed by atoms with E-state index < -0.39 is 36.2 Å². The van der Waals surface area contributed by atoms with Crippen molar-refractivity contribution in [2.24, 2.45) is 0 Å². The molecular weight excluding hydrogens is 453 g/mol. The summed E-state index contributed by atoms with van der Waals surface area (Å²) in [5, 5.41) is 12.7. The van der Waals surface area contributed by atoms with Crippen molar-refractivity contribution in [1.29, 1.82) is 0 Å². The Balaban J connectivity index is 1.49. The first-order valence-corrected chi connectivity index (χ1v) is 12.1. The Labute approximate surface area is 212 Å². The van der Waals surface area contributed by atoms with Crippen molar-refractivity contribution >= 4 is 24.5 Å². The molecule has 0 bridgehead atoms. The summed E-state index contributed by atoms with van der Waals surface area (Å²) < 4.78 is 12.2. The van der Waals surface area contributed by atoms with Crippen molar-refractivity contribution in [2.75, 3.05) is 0 Å². The molecule has 1 atom stereocenters. The second kappa shape index (κ2) is 10.3. The number of carboxylic acid groups (broad SMARTS) is 1. The maximum absolute atomic E-state index is 13.4. The van der Waals surface area contributed by atoms with Gasteiger partial charge in [0.1, 0.15) is 6.04 Å². The van der Waals surface area contributed by atoms with Crippen molar-refractivity contribution in [3.8, 4) is 0 Å². The van der Waals surface area contributed by atoms with E-state index in [4.69, 9.17) is 9.31 Å². The molecule has 3 aromatic rings. The Morgan fingerprint density at radius 2 is 1.28 bits per heavy atom. The topological polar surface area (TPSA) is 84.9 Å². The highest BCUT2D eigenvalue weighted by atomic mass is 16.7. The first-order valence-electron chi connectivity index (χ1n) is 12.1. The molecule has 0 spiro atoms. The minimum Gasteiger partial charge on any atom is -0.480 e. The highest BCUT2D eigenvalue weighted by Crippen LogP contribution is 2.36. The van der Waals surface area contributed by atoms with Crippen molar-refractivity contribution in [3.63, 3.8) is 0 Å². The number of carboxylic acids is 1. The summed E-state index contributed by atoms with van der Waals surface area (Å²) in [6.45, 7) is 8.00. The molecule has 7 heteroatoms. The summed E-state index contributed by atoms with van der Waals surface area (Å²) in [5.41, 5.74) is 2.38. The van der Waals surface area contributed by atoms with Gasteiger partial charge in [0.25, 0.3) is 0 Å². The number of aliphatic carboxylic acids is 1. The number of carbonyl (C=O) groups is 2. The zero-order chi connectivity index (χ0) is 25.9. The molecule has 1 heterocycles. The maximum Gasteiger partial charge on any atom is 0.494 e. The summed E-state index contributed by atoms with van der Waals surface area (Å²) in [6.07, 6.45) is 0.154. The third-order valence-corrected chi connectivity index (χ3v) is 7.09. The van der Waals surface area contributed by atoms with Gasteiger partial charge in [-0.1, -0.05) is 84.9 Å².